The fourth-order valence-corrected chi connectivity index (χ4v) is 2.47. The Morgan fingerprint density at radius 2 is 2.05 bits per heavy atom. The molecule has 1 aromatic rings. The van der Waals surface area contributed by atoms with Crippen LogP contribution in [0.25, 0.3) is 0 Å². The first-order valence-corrected chi connectivity index (χ1v) is 7.62. The Morgan fingerprint density at radius 3 is 2.75 bits per heavy atom. The summed E-state index contributed by atoms with van der Waals surface area (Å²) in [4.78, 5) is 4.40. The van der Waals surface area contributed by atoms with E-state index >= 15 is 0 Å². The van der Waals surface area contributed by atoms with Gasteiger partial charge < -0.3 is 15.2 Å². The molecular formula is C16H26N2O2. The summed E-state index contributed by atoms with van der Waals surface area (Å²) < 4.78 is 11.7. The van der Waals surface area contributed by atoms with Crippen molar-refractivity contribution in [2.24, 2.45) is 11.8 Å². The second-order valence-corrected chi connectivity index (χ2v) is 6.17. The molecule has 0 saturated heterocycles. The lowest BCUT2D eigenvalue weighted by molar-refractivity contribution is 0.0964. The number of pyridine rings is 1. The summed E-state index contributed by atoms with van der Waals surface area (Å²) in [6.07, 6.45) is 5.14. The summed E-state index contributed by atoms with van der Waals surface area (Å²) >= 11 is 0. The highest BCUT2D eigenvalue weighted by atomic mass is 16.5. The quantitative estimate of drug-likeness (QED) is 0.893. The molecule has 1 heterocycles. The van der Waals surface area contributed by atoms with Crippen LogP contribution in [0.1, 0.15) is 46.5 Å². The largest absolute Gasteiger partial charge is 0.476 e. The second kappa shape index (κ2) is 6.82. The van der Waals surface area contributed by atoms with Crippen LogP contribution in [0.5, 0.6) is 11.8 Å². The molecule has 0 bridgehead atoms. The number of ether oxygens (including phenoxy) is 2. The Bertz CT molecular complexity index is 434. The van der Waals surface area contributed by atoms with Gasteiger partial charge in [-0.05, 0) is 37.2 Å². The van der Waals surface area contributed by atoms with E-state index in [1.165, 1.54) is 19.3 Å². The Labute approximate surface area is 121 Å². The van der Waals surface area contributed by atoms with Gasteiger partial charge in [-0.1, -0.05) is 27.2 Å². The molecule has 20 heavy (non-hydrogen) atoms. The van der Waals surface area contributed by atoms with Gasteiger partial charge in [-0.2, -0.15) is 4.98 Å². The van der Waals surface area contributed by atoms with Crippen LogP contribution in [0.15, 0.2) is 12.1 Å². The van der Waals surface area contributed by atoms with Crippen LogP contribution in [0.2, 0.25) is 0 Å². The van der Waals surface area contributed by atoms with Crippen molar-refractivity contribution >= 4 is 5.69 Å². The zero-order chi connectivity index (χ0) is 14.5. The molecule has 112 valence electrons. The number of nitrogens with two attached hydrogens (primary N) is 1. The zero-order valence-electron chi connectivity index (χ0n) is 12.8. The number of anilines is 1. The first-order valence-electron chi connectivity index (χ1n) is 7.62. The van der Waals surface area contributed by atoms with Gasteiger partial charge in [0.1, 0.15) is 6.10 Å². The summed E-state index contributed by atoms with van der Waals surface area (Å²) in [5.74, 6) is 2.14. The normalized spacial score (nSPS) is 22.8. The molecule has 0 aromatic carbocycles. The van der Waals surface area contributed by atoms with E-state index in [1.54, 1.807) is 0 Å². The van der Waals surface area contributed by atoms with Crippen LogP contribution in [0, 0.1) is 11.8 Å². The Kier molecular flexibility index (Phi) is 5.10. The monoisotopic (exact) mass is 278 g/mol. The van der Waals surface area contributed by atoms with E-state index < -0.39 is 0 Å². The lowest BCUT2D eigenvalue weighted by Crippen LogP contribution is -2.28. The summed E-state index contributed by atoms with van der Waals surface area (Å²) in [6.45, 7) is 7.05. The van der Waals surface area contributed by atoms with Gasteiger partial charge in [0.2, 0.25) is 11.8 Å². The van der Waals surface area contributed by atoms with Gasteiger partial charge in [-0.15, -0.1) is 0 Å². The van der Waals surface area contributed by atoms with Crippen LogP contribution in [0.4, 0.5) is 5.69 Å². The number of hydrogen-bond donors (Lipinski definition) is 1. The van der Waals surface area contributed by atoms with Gasteiger partial charge in [-0.25, -0.2) is 0 Å². The Morgan fingerprint density at radius 1 is 1.30 bits per heavy atom. The van der Waals surface area contributed by atoms with Crippen molar-refractivity contribution in [3.63, 3.8) is 0 Å². The number of rotatable bonds is 5. The van der Waals surface area contributed by atoms with E-state index in [4.69, 9.17) is 15.2 Å². The molecule has 1 aromatic heterocycles. The fraction of sp³-hybridized carbons (Fsp3) is 0.688. The van der Waals surface area contributed by atoms with Crippen LogP contribution in [0.3, 0.4) is 0 Å². The number of nitrogen functional groups attached to an aromatic ring is 1. The Hall–Kier alpha value is -1.45. The molecule has 4 heteroatoms. The van der Waals surface area contributed by atoms with E-state index in [0.29, 0.717) is 35.9 Å². The van der Waals surface area contributed by atoms with Crippen molar-refractivity contribution in [2.45, 2.75) is 52.6 Å². The van der Waals surface area contributed by atoms with Crippen LogP contribution < -0.4 is 15.2 Å². The van der Waals surface area contributed by atoms with Gasteiger partial charge in [-0.3, -0.25) is 0 Å². The summed E-state index contributed by atoms with van der Waals surface area (Å²) in [7, 11) is 0. The fourth-order valence-electron chi connectivity index (χ4n) is 2.47. The molecule has 2 N–H and O–H groups in total. The molecule has 1 aliphatic carbocycles. The molecule has 0 aliphatic heterocycles. The highest BCUT2D eigenvalue weighted by Crippen LogP contribution is 2.29. The van der Waals surface area contributed by atoms with E-state index in [1.807, 2.05) is 12.1 Å². The number of nitrogens with zero attached hydrogens (tertiary/aromatic N) is 1. The zero-order valence-corrected chi connectivity index (χ0v) is 12.8. The molecule has 1 fully saturated rings. The minimum Gasteiger partial charge on any atom is -0.476 e. The van der Waals surface area contributed by atoms with Crippen molar-refractivity contribution in [3.8, 4) is 11.8 Å². The van der Waals surface area contributed by atoms with E-state index in [9.17, 15) is 0 Å². The maximum atomic E-state index is 6.02. The van der Waals surface area contributed by atoms with Gasteiger partial charge in [0.25, 0.3) is 0 Å². The maximum absolute atomic E-state index is 6.02. The summed E-state index contributed by atoms with van der Waals surface area (Å²) in [6, 6.07) is 3.64. The van der Waals surface area contributed by atoms with Gasteiger partial charge >= 0.3 is 0 Å². The lowest BCUT2D eigenvalue weighted by Gasteiger charge is -2.28. The third-order valence-corrected chi connectivity index (χ3v) is 3.72. The van der Waals surface area contributed by atoms with Crippen molar-refractivity contribution < 1.29 is 9.47 Å². The summed E-state index contributed by atoms with van der Waals surface area (Å²) in [5.41, 5.74) is 6.46. The molecule has 1 saturated carbocycles. The predicted molar refractivity (Wildman–Crippen MR) is 81.0 cm³/mol. The smallest absolute Gasteiger partial charge is 0.240 e. The van der Waals surface area contributed by atoms with Crippen LogP contribution in [-0.4, -0.2) is 17.7 Å². The second-order valence-electron chi connectivity index (χ2n) is 6.17. The summed E-state index contributed by atoms with van der Waals surface area (Å²) in [5, 5.41) is 0. The molecule has 2 unspecified atom stereocenters. The Balaban J connectivity index is 2.02. The molecule has 2 atom stereocenters. The minimum absolute atomic E-state index is 0.262. The predicted octanol–water partition coefficient (Wildman–Crippen LogP) is 3.66. The molecule has 1 aliphatic rings. The minimum atomic E-state index is 0.262. The topological polar surface area (TPSA) is 57.4 Å². The standard InChI is InChI=1S/C16H26N2O2/c1-11(2)10-19-16-13(17)8-9-15(18-16)20-14-7-5-4-6-12(14)3/h8-9,11-12,14H,4-7,10,17H2,1-3H3. The first kappa shape index (κ1) is 14.9. The molecule has 0 amide bonds. The lowest BCUT2D eigenvalue weighted by atomic mass is 9.88. The van der Waals surface area contributed by atoms with Crippen molar-refractivity contribution in [3.05, 3.63) is 12.1 Å². The SMILES string of the molecule is CC(C)COc1nc(OC2CCCCC2C)ccc1N. The first-order chi connectivity index (χ1) is 9.56. The van der Waals surface area contributed by atoms with Crippen LogP contribution in [-0.2, 0) is 0 Å². The molecule has 2 rings (SSSR count). The highest BCUT2D eigenvalue weighted by Gasteiger charge is 2.23. The van der Waals surface area contributed by atoms with Gasteiger partial charge in [0.15, 0.2) is 0 Å². The van der Waals surface area contributed by atoms with Crippen molar-refractivity contribution in [2.75, 3.05) is 12.3 Å². The third kappa shape index (κ3) is 4.02. The van der Waals surface area contributed by atoms with Gasteiger partial charge in [0, 0.05) is 6.07 Å². The third-order valence-electron chi connectivity index (χ3n) is 3.72. The van der Waals surface area contributed by atoms with E-state index in [0.717, 1.165) is 6.42 Å². The number of aromatic nitrogens is 1. The number of hydrogen-bond acceptors (Lipinski definition) is 4. The van der Waals surface area contributed by atoms with Gasteiger partial charge in [0.05, 0.1) is 12.3 Å². The van der Waals surface area contributed by atoms with E-state index in [2.05, 4.69) is 25.8 Å². The molecule has 0 radical (unpaired) electrons. The van der Waals surface area contributed by atoms with Crippen molar-refractivity contribution in [1.29, 1.82) is 0 Å². The molecule has 4 nitrogen and oxygen atoms in total. The van der Waals surface area contributed by atoms with Crippen LogP contribution >= 0.6 is 0 Å². The van der Waals surface area contributed by atoms with E-state index in [-0.39, 0.29) is 6.10 Å². The maximum Gasteiger partial charge on any atom is 0.240 e. The molecule has 0 spiro atoms. The van der Waals surface area contributed by atoms with Crippen molar-refractivity contribution in [1.82, 2.24) is 4.98 Å². The average molecular weight is 278 g/mol. The highest BCUT2D eigenvalue weighted by molar-refractivity contribution is 5.49. The molecular weight excluding hydrogens is 252 g/mol. The average Bonchev–Trinajstić information content (AvgIpc) is 2.42.